The second-order valence-corrected chi connectivity index (χ2v) is 5.57. The zero-order valence-electron chi connectivity index (χ0n) is 10.1. The Kier molecular flexibility index (Phi) is 4.34. The minimum atomic E-state index is -0.653. The van der Waals surface area contributed by atoms with E-state index in [1.165, 1.54) is 6.20 Å². The van der Waals surface area contributed by atoms with Crippen molar-refractivity contribution in [2.45, 2.75) is 6.92 Å². The maximum atomic E-state index is 13.5. The van der Waals surface area contributed by atoms with Crippen molar-refractivity contribution in [2.24, 2.45) is 0 Å². The highest BCUT2D eigenvalue weighted by Gasteiger charge is 2.20. The van der Waals surface area contributed by atoms with Gasteiger partial charge in [-0.15, -0.1) is 0 Å². The summed E-state index contributed by atoms with van der Waals surface area (Å²) in [7, 11) is 0. The van der Waals surface area contributed by atoms with Gasteiger partial charge in [0, 0.05) is 28.9 Å². The first-order valence-electron chi connectivity index (χ1n) is 5.32. The molecular weight excluding hydrogens is 399 g/mol. The predicted octanol–water partition coefficient (Wildman–Crippen LogP) is 4.75. The van der Waals surface area contributed by atoms with Gasteiger partial charge in [0.25, 0.3) is 0 Å². The summed E-state index contributed by atoms with van der Waals surface area (Å²) in [5.74, 6) is -0.708. The van der Waals surface area contributed by atoms with E-state index in [1.54, 1.807) is 6.07 Å². The molecule has 0 aliphatic rings. The number of nitro benzene ring substituents is 1. The van der Waals surface area contributed by atoms with Crippen LogP contribution in [-0.4, -0.2) is 9.91 Å². The van der Waals surface area contributed by atoms with Gasteiger partial charge in [0.15, 0.2) is 0 Å². The Morgan fingerprint density at radius 2 is 2.00 bits per heavy atom. The number of nitrogens with zero attached hydrogens (tertiary/aromatic N) is 2. The highest BCUT2D eigenvalue weighted by molar-refractivity contribution is 9.10. The van der Waals surface area contributed by atoms with Gasteiger partial charge in [-0.1, -0.05) is 0 Å². The van der Waals surface area contributed by atoms with Gasteiger partial charge in [-0.25, -0.2) is 9.37 Å². The van der Waals surface area contributed by atoms with Crippen molar-refractivity contribution in [3.63, 3.8) is 0 Å². The number of hydrogen-bond donors (Lipinski definition) is 0. The average Bonchev–Trinajstić information content (AvgIpc) is 2.37. The summed E-state index contributed by atoms with van der Waals surface area (Å²) in [6, 6.07) is 3.59. The first-order chi connectivity index (χ1) is 9.38. The van der Waals surface area contributed by atoms with Crippen molar-refractivity contribution in [1.82, 2.24) is 4.98 Å². The van der Waals surface area contributed by atoms with Gasteiger partial charge in [0.1, 0.15) is 5.82 Å². The molecule has 0 saturated carbocycles. The lowest BCUT2D eigenvalue weighted by Gasteiger charge is -2.07. The Morgan fingerprint density at radius 3 is 2.60 bits per heavy atom. The zero-order valence-corrected chi connectivity index (χ0v) is 13.2. The molecule has 0 N–H and O–H groups in total. The highest BCUT2D eigenvalue weighted by Crippen LogP contribution is 2.35. The van der Waals surface area contributed by atoms with Crippen LogP contribution in [0.5, 0.6) is 11.6 Å². The van der Waals surface area contributed by atoms with Crippen molar-refractivity contribution < 1.29 is 14.1 Å². The first-order valence-corrected chi connectivity index (χ1v) is 6.90. The van der Waals surface area contributed by atoms with Crippen LogP contribution < -0.4 is 4.74 Å². The van der Waals surface area contributed by atoms with Crippen LogP contribution in [0.2, 0.25) is 0 Å². The van der Waals surface area contributed by atoms with E-state index in [4.69, 9.17) is 4.74 Å². The van der Waals surface area contributed by atoms with Crippen LogP contribution in [0.1, 0.15) is 5.56 Å². The minimum absolute atomic E-state index is 0.00324. The van der Waals surface area contributed by atoms with Crippen molar-refractivity contribution in [2.75, 3.05) is 0 Å². The van der Waals surface area contributed by atoms with Crippen LogP contribution in [0.15, 0.2) is 33.3 Å². The standard InChI is InChI=1S/C12H7Br2FN2O3/c1-6-2-12(16-5-8(6)14)20-11-4-9(15)7(13)3-10(11)17(18)19/h2-5H,1H3. The topological polar surface area (TPSA) is 65.3 Å². The van der Waals surface area contributed by atoms with Crippen molar-refractivity contribution in [3.05, 3.63) is 54.8 Å². The van der Waals surface area contributed by atoms with Crippen LogP contribution in [0, 0.1) is 22.9 Å². The molecule has 1 aromatic heterocycles. The van der Waals surface area contributed by atoms with Crippen molar-refractivity contribution in [1.29, 1.82) is 0 Å². The Balaban J connectivity index is 2.44. The molecule has 0 aliphatic heterocycles. The van der Waals surface area contributed by atoms with Crippen LogP contribution in [0.3, 0.4) is 0 Å². The summed E-state index contributed by atoms with van der Waals surface area (Å²) in [4.78, 5) is 14.3. The zero-order chi connectivity index (χ0) is 14.9. The van der Waals surface area contributed by atoms with E-state index >= 15 is 0 Å². The SMILES string of the molecule is Cc1cc(Oc2cc(F)c(Br)cc2[N+](=O)[O-])ncc1Br. The first kappa shape index (κ1) is 14.9. The fourth-order valence-electron chi connectivity index (χ4n) is 1.42. The quantitative estimate of drug-likeness (QED) is 0.545. The Bertz CT molecular complexity index is 695. The van der Waals surface area contributed by atoms with Crippen LogP contribution in [0.4, 0.5) is 10.1 Å². The van der Waals surface area contributed by atoms with Gasteiger partial charge in [0.2, 0.25) is 11.6 Å². The number of aromatic nitrogens is 1. The molecule has 2 rings (SSSR count). The molecule has 5 nitrogen and oxygen atoms in total. The molecule has 0 spiro atoms. The Labute approximate surface area is 130 Å². The summed E-state index contributed by atoms with van der Waals surface area (Å²) in [5, 5.41) is 11.0. The number of ether oxygens (including phenoxy) is 1. The molecule has 0 atom stereocenters. The van der Waals surface area contributed by atoms with Gasteiger partial charge in [-0.05, 0) is 44.3 Å². The molecule has 0 unspecified atom stereocenters. The monoisotopic (exact) mass is 404 g/mol. The van der Waals surface area contributed by atoms with Crippen LogP contribution in [-0.2, 0) is 0 Å². The van der Waals surface area contributed by atoms with E-state index in [2.05, 4.69) is 36.8 Å². The molecule has 1 heterocycles. The third-order valence-corrected chi connectivity index (χ3v) is 3.87. The van der Waals surface area contributed by atoms with E-state index in [9.17, 15) is 14.5 Å². The molecule has 20 heavy (non-hydrogen) atoms. The summed E-state index contributed by atoms with van der Waals surface area (Å²) < 4.78 is 19.6. The maximum absolute atomic E-state index is 13.5. The molecular formula is C12H7Br2FN2O3. The normalized spacial score (nSPS) is 10.4. The number of nitro groups is 1. The number of halogens is 3. The van der Waals surface area contributed by atoms with Gasteiger partial charge >= 0.3 is 5.69 Å². The third kappa shape index (κ3) is 3.13. The van der Waals surface area contributed by atoms with Gasteiger partial charge in [-0.2, -0.15) is 0 Å². The molecule has 0 amide bonds. The smallest absolute Gasteiger partial charge is 0.312 e. The molecule has 0 fully saturated rings. The van der Waals surface area contributed by atoms with E-state index in [-0.39, 0.29) is 21.8 Å². The maximum Gasteiger partial charge on any atom is 0.312 e. The number of rotatable bonds is 3. The molecule has 0 radical (unpaired) electrons. The fourth-order valence-corrected chi connectivity index (χ4v) is 1.97. The summed E-state index contributed by atoms with van der Waals surface area (Å²) in [5.41, 5.74) is 0.496. The lowest BCUT2D eigenvalue weighted by atomic mass is 10.3. The Hall–Kier alpha value is -1.54. The predicted molar refractivity (Wildman–Crippen MR) is 77.5 cm³/mol. The Morgan fingerprint density at radius 1 is 1.30 bits per heavy atom. The second-order valence-electron chi connectivity index (χ2n) is 3.86. The molecule has 8 heteroatoms. The summed E-state index contributed by atoms with van der Waals surface area (Å²) in [6.07, 6.45) is 1.51. The van der Waals surface area contributed by atoms with Crippen LogP contribution in [0.25, 0.3) is 0 Å². The second kappa shape index (κ2) is 5.84. The van der Waals surface area contributed by atoms with E-state index in [1.807, 2.05) is 6.92 Å². The third-order valence-electron chi connectivity index (χ3n) is 2.43. The molecule has 1 aromatic carbocycles. The largest absolute Gasteiger partial charge is 0.432 e. The summed E-state index contributed by atoms with van der Waals surface area (Å²) >= 11 is 6.18. The molecule has 0 saturated heterocycles. The average molecular weight is 406 g/mol. The fraction of sp³-hybridized carbons (Fsp3) is 0.0833. The number of pyridine rings is 1. The summed E-state index contributed by atoms with van der Waals surface area (Å²) in [6.45, 7) is 1.81. The van der Waals surface area contributed by atoms with Gasteiger partial charge in [-0.3, -0.25) is 10.1 Å². The molecule has 2 aromatic rings. The van der Waals surface area contributed by atoms with E-state index in [0.29, 0.717) is 0 Å². The highest BCUT2D eigenvalue weighted by atomic mass is 79.9. The molecule has 0 aliphatic carbocycles. The number of benzene rings is 1. The lowest BCUT2D eigenvalue weighted by molar-refractivity contribution is -0.385. The lowest BCUT2D eigenvalue weighted by Crippen LogP contribution is -1.96. The van der Waals surface area contributed by atoms with Gasteiger partial charge in [0.05, 0.1) is 9.40 Å². The minimum Gasteiger partial charge on any atom is -0.432 e. The van der Waals surface area contributed by atoms with E-state index in [0.717, 1.165) is 22.2 Å². The van der Waals surface area contributed by atoms with Crippen molar-refractivity contribution in [3.8, 4) is 11.6 Å². The van der Waals surface area contributed by atoms with Gasteiger partial charge < -0.3 is 4.74 Å². The van der Waals surface area contributed by atoms with E-state index < -0.39 is 10.7 Å². The number of hydrogen-bond acceptors (Lipinski definition) is 4. The van der Waals surface area contributed by atoms with Crippen LogP contribution >= 0.6 is 31.9 Å². The number of aryl methyl sites for hydroxylation is 1. The molecule has 0 bridgehead atoms. The van der Waals surface area contributed by atoms with Crippen molar-refractivity contribution >= 4 is 37.5 Å². The molecule has 104 valence electrons.